The molecule has 0 N–H and O–H groups in total. The van der Waals surface area contributed by atoms with E-state index in [9.17, 15) is 8.42 Å². The third kappa shape index (κ3) is 2.62. The van der Waals surface area contributed by atoms with Gasteiger partial charge >= 0.3 is 0 Å². The zero-order valence-electron chi connectivity index (χ0n) is 13.9. The second kappa shape index (κ2) is 5.90. The van der Waals surface area contributed by atoms with E-state index in [4.69, 9.17) is 0 Å². The summed E-state index contributed by atoms with van der Waals surface area (Å²) in [6.45, 7) is 3.21. The fourth-order valence-corrected chi connectivity index (χ4v) is 5.18. The Kier molecular flexibility index (Phi) is 3.85. The Hall–Kier alpha value is -1.85. The van der Waals surface area contributed by atoms with Crippen LogP contribution in [0.4, 0.5) is 5.69 Å². The average molecular weight is 342 g/mol. The highest BCUT2D eigenvalue weighted by molar-refractivity contribution is 7.91. The van der Waals surface area contributed by atoms with Gasteiger partial charge in [-0.15, -0.1) is 0 Å². The predicted octanol–water partition coefficient (Wildman–Crippen LogP) is 2.59. The SMILES string of the molecule is CN1CCC(N2CCc3cc(S(=O)(=O)c4ccccc4)ccc32)C1. The van der Waals surface area contributed by atoms with Crippen LogP contribution < -0.4 is 4.90 Å². The van der Waals surface area contributed by atoms with Gasteiger partial charge in [0.25, 0.3) is 0 Å². The largest absolute Gasteiger partial charge is 0.367 e. The molecule has 4 nitrogen and oxygen atoms in total. The first-order valence-corrected chi connectivity index (χ1v) is 9.92. The van der Waals surface area contributed by atoms with E-state index >= 15 is 0 Å². The third-order valence-electron chi connectivity index (χ3n) is 5.15. The van der Waals surface area contributed by atoms with E-state index in [1.54, 1.807) is 30.3 Å². The molecule has 1 saturated heterocycles. The minimum atomic E-state index is -3.43. The maximum atomic E-state index is 12.8. The smallest absolute Gasteiger partial charge is 0.206 e. The van der Waals surface area contributed by atoms with Crippen molar-refractivity contribution in [3.05, 3.63) is 54.1 Å². The normalized spacial score (nSPS) is 21.2. The molecule has 0 radical (unpaired) electrons. The number of likely N-dealkylation sites (tertiary alicyclic amines) is 1. The maximum absolute atomic E-state index is 12.8. The Morgan fingerprint density at radius 2 is 1.79 bits per heavy atom. The zero-order valence-corrected chi connectivity index (χ0v) is 14.7. The lowest BCUT2D eigenvalue weighted by Gasteiger charge is -2.27. The lowest BCUT2D eigenvalue weighted by molar-refractivity contribution is 0.408. The summed E-state index contributed by atoms with van der Waals surface area (Å²) in [5, 5.41) is 0. The van der Waals surface area contributed by atoms with Gasteiger partial charge in [-0.25, -0.2) is 8.42 Å². The summed E-state index contributed by atoms with van der Waals surface area (Å²) in [7, 11) is -1.27. The molecular weight excluding hydrogens is 320 g/mol. The lowest BCUT2D eigenvalue weighted by Crippen LogP contribution is -2.35. The van der Waals surface area contributed by atoms with Gasteiger partial charge in [-0.05, 0) is 62.3 Å². The fraction of sp³-hybridized carbons (Fsp3) is 0.368. The van der Waals surface area contributed by atoms with Crippen molar-refractivity contribution in [2.24, 2.45) is 0 Å². The fourth-order valence-electron chi connectivity index (χ4n) is 3.85. The van der Waals surface area contributed by atoms with Crippen molar-refractivity contribution in [1.82, 2.24) is 4.90 Å². The molecule has 0 spiro atoms. The molecule has 24 heavy (non-hydrogen) atoms. The first kappa shape index (κ1) is 15.7. The summed E-state index contributed by atoms with van der Waals surface area (Å²) in [5.41, 5.74) is 2.36. The van der Waals surface area contributed by atoms with Gasteiger partial charge in [0.05, 0.1) is 9.79 Å². The molecular formula is C19H22N2O2S. The molecule has 2 aromatic rings. The molecule has 126 valence electrons. The van der Waals surface area contributed by atoms with Gasteiger partial charge in [0.1, 0.15) is 0 Å². The summed E-state index contributed by atoms with van der Waals surface area (Å²) in [6, 6.07) is 14.8. The molecule has 1 unspecified atom stereocenters. The number of rotatable bonds is 3. The molecule has 2 heterocycles. The second-order valence-electron chi connectivity index (χ2n) is 6.76. The van der Waals surface area contributed by atoms with Gasteiger partial charge in [-0.2, -0.15) is 0 Å². The monoisotopic (exact) mass is 342 g/mol. The summed E-state index contributed by atoms with van der Waals surface area (Å²) >= 11 is 0. The number of hydrogen-bond donors (Lipinski definition) is 0. The van der Waals surface area contributed by atoms with Crippen molar-refractivity contribution in [3.63, 3.8) is 0 Å². The Bertz CT molecular complexity index is 849. The van der Waals surface area contributed by atoms with Crippen LogP contribution in [-0.2, 0) is 16.3 Å². The van der Waals surface area contributed by atoms with Crippen molar-refractivity contribution in [3.8, 4) is 0 Å². The van der Waals surface area contributed by atoms with E-state index in [1.807, 2.05) is 18.2 Å². The van der Waals surface area contributed by atoms with E-state index in [2.05, 4.69) is 16.8 Å². The topological polar surface area (TPSA) is 40.6 Å². The predicted molar refractivity (Wildman–Crippen MR) is 95.3 cm³/mol. The number of sulfone groups is 1. The van der Waals surface area contributed by atoms with Crippen LogP contribution in [0.25, 0.3) is 0 Å². The summed E-state index contributed by atoms with van der Waals surface area (Å²) in [6.07, 6.45) is 2.10. The lowest BCUT2D eigenvalue weighted by atomic mass is 10.1. The van der Waals surface area contributed by atoms with Gasteiger partial charge in [0.15, 0.2) is 0 Å². The molecule has 2 aliphatic heterocycles. The Labute approximate surface area is 143 Å². The first-order chi connectivity index (χ1) is 11.6. The molecule has 0 aliphatic carbocycles. The van der Waals surface area contributed by atoms with Gasteiger partial charge in [0, 0.05) is 24.8 Å². The molecule has 0 amide bonds. The van der Waals surface area contributed by atoms with Crippen LogP contribution in [0.3, 0.4) is 0 Å². The second-order valence-corrected chi connectivity index (χ2v) is 8.70. The number of likely N-dealkylation sites (N-methyl/N-ethyl adjacent to an activating group) is 1. The van der Waals surface area contributed by atoms with E-state index in [0.717, 1.165) is 31.6 Å². The van der Waals surface area contributed by atoms with Crippen molar-refractivity contribution in [2.75, 3.05) is 31.6 Å². The molecule has 2 aromatic carbocycles. The summed E-state index contributed by atoms with van der Waals surface area (Å²) in [4.78, 5) is 5.57. The molecule has 0 aromatic heterocycles. The molecule has 1 atom stereocenters. The van der Waals surface area contributed by atoms with Crippen LogP contribution in [-0.4, -0.2) is 46.0 Å². The van der Waals surface area contributed by atoms with Crippen LogP contribution in [0.15, 0.2) is 58.3 Å². The van der Waals surface area contributed by atoms with Crippen molar-refractivity contribution < 1.29 is 8.42 Å². The van der Waals surface area contributed by atoms with E-state index < -0.39 is 9.84 Å². The van der Waals surface area contributed by atoms with Crippen LogP contribution >= 0.6 is 0 Å². The number of benzene rings is 2. The zero-order chi connectivity index (χ0) is 16.7. The number of nitrogens with zero attached hydrogens (tertiary/aromatic N) is 2. The van der Waals surface area contributed by atoms with E-state index in [-0.39, 0.29) is 0 Å². The van der Waals surface area contributed by atoms with Crippen LogP contribution in [0.2, 0.25) is 0 Å². The standard InChI is InChI=1S/C19H22N2O2S/c1-20-11-10-16(14-20)21-12-9-15-13-18(7-8-19(15)21)24(22,23)17-5-3-2-4-6-17/h2-8,13,16H,9-12,14H2,1H3. The number of fused-ring (bicyclic) bond motifs is 1. The van der Waals surface area contributed by atoms with Crippen LogP contribution in [0, 0.1) is 0 Å². The van der Waals surface area contributed by atoms with Crippen molar-refractivity contribution in [1.29, 1.82) is 0 Å². The Balaban J connectivity index is 1.66. The van der Waals surface area contributed by atoms with Gasteiger partial charge < -0.3 is 9.80 Å². The molecule has 0 bridgehead atoms. The summed E-state index contributed by atoms with van der Waals surface area (Å²) < 4.78 is 25.6. The average Bonchev–Trinajstić information content (AvgIpc) is 3.21. The minimum absolute atomic E-state index is 0.359. The third-order valence-corrected chi connectivity index (χ3v) is 6.92. The molecule has 1 fully saturated rings. The van der Waals surface area contributed by atoms with Crippen molar-refractivity contribution in [2.45, 2.75) is 28.7 Å². The van der Waals surface area contributed by atoms with Gasteiger partial charge in [-0.3, -0.25) is 0 Å². The number of hydrogen-bond acceptors (Lipinski definition) is 4. The molecule has 2 aliphatic rings. The first-order valence-electron chi connectivity index (χ1n) is 8.44. The molecule has 0 saturated carbocycles. The molecule has 5 heteroatoms. The van der Waals surface area contributed by atoms with Crippen molar-refractivity contribution >= 4 is 15.5 Å². The van der Waals surface area contributed by atoms with Crippen LogP contribution in [0.5, 0.6) is 0 Å². The summed E-state index contributed by atoms with van der Waals surface area (Å²) in [5.74, 6) is 0. The van der Waals surface area contributed by atoms with E-state index in [1.165, 1.54) is 12.1 Å². The Morgan fingerprint density at radius 1 is 1.00 bits per heavy atom. The quantitative estimate of drug-likeness (QED) is 0.860. The number of anilines is 1. The van der Waals surface area contributed by atoms with E-state index in [0.29, 0.717) is 15.8 Å². The highest BCUT2D eigenvalue weighted by Gasteiger charge is 2.31. The van der Waals surface area contributed by atoms with Gasteiger partial charge in [0.2, 0.25) is 9.84 Å². The highest BCUT2D eigenvalue weighted by Crippen LogP contribution is 2.34. The van der Waals surface area contributed by atoms with Crippen LogP contribution in [0.1, 0.15) is 12.0 Å². The highest BCUT2D eigenvalue weighted by atomic mass is 32.2. The van der Waals surface area contributed by atoms with Gasteiger partial charge in [-0.1, -0.05) is 18.2 Å². The maximum Gasteiger partial charge on any atom is 0.206 e. The minimum Gasteiger partial charge on any atom is -0.367 e. The molecule has 4 rings (SSSR count). The Morgan fingerprint density at radius 3 is 2.50 bits per heavy atom.